The van der Waals surface area contributed by atoms with E-state index in [4.69, 9.17) is 5.73 Å². The Morgan fingerprint density at radius 3 is 2.21 bits per heavy atom. The van der Waals surface area contributed by atoms with E-state index in [1.807, 2.05) is 79.9 Å². The van der Waals surface area contributed by atoms with Crippen LogP contribution in [0.5, 0.6) is 0 Å². The zero-order valence-electron chi connectivity index (χ0n) is 16.8. The van der Waals surface area contributed by atoms with Gasteiger partial charge in [0.2, 0.25) is 5.13 Å². The molecule has 0 fully saturated rings. The third-order valence-corrected chi connectivity index (χ3v) is 4.11. The molecule has 0 aliphatic carbocycles. The van der Waals surface area contributed by atoms with Crippen molar-refractivity contribution in [3.05, 3.63) is 79.0 Å². The first kappa shape index (κ1) is 26.8. The standard InChI is InChI=1S/C18H16N4OS.C2H6.CH3.Rb/c19-17(23)15(11-13-7-3-1-4-8-13)21-22-18-20-16(12-24-18)14-9-5-2-6-10-14;1-2;;/h1-10,12H,11H2,(H2,19,23)(H,20,22);1-2H3;1H3;/q;;-1;+1/b21-15+;;;. The van der Waals surface area contributed by atoms with Crippen molar-refractivity contribution in [2.24, 2.45) is 10.8 Å². The van der Waals surface area contributed by atoms with E-state index in [-0.39, 0.29) is 71.3 Å². The Morgan fingerprint density at radius 2 is 1.64 bits per heavy atom. The van der Waals surface area contributed by atoms with E-state index in [1.54, 1.807) is 0 Å². The molecule has 3 aromatic rings. The first-order chi connectivity index (χ1) is 12.7. The molecular weight excluding hydrogens is 442 g/mol. The summed E-state index contributed by atoms with van der Waals surface area (Å²) in [5.74, 6) is -0.550. The predicted octanol–water partition coefficient (Wildman–Crippen LogP) is 1.79. The molecule has 0 spiro atoms. The van der Waals surface area contributed by atoms with Gasteiger partial charge in [-0.1, -0.05) is 74.5 Å². The number of benzene rings is 2. The van der Waals surface area contributed by atoms with Gasteiger partial charge in [-0.2, -0.15) is 5.10 Å². The summed E-state index contributed by atoms with van der Waals surface area (Å²) in [4.78, 5) is 16.1. The van der Waals surface area contributed by atoms with Crippen molar-refractivity contribution in [2.75, 3.05) is 5.43 Å². The van der Waals surface area contributed by atoms with E-state index in [0.29, 0.717) is 11.6 Å². The maximum Gasteiger partial charge on any atom is 1.00 e. The predicted molar refractivity (Wildman–Crippen MR) is 116 cm³/mol. The summed E-state index contributed by atoms with van der Waals surface area (Å²) in [6, 6.07) is 19.5. The fourth-order valence-corrected chi connectivity index (χ4v) is 2.81. The molecule has 0 bridgehead atoms. The van der Waals surface area contributed by atoms with Crippen LogP contribution in [0.15, 0.2) is 71.1 Å². The molecule has 0 saturated heterocycles. The van der Waals surface area contributed by atoms with E-state index in [9.17, 15) is 4.79 Å². The van der Waals surface area contributed by atoms with Crippen LogP contribution in [0, 0.1) is 7.43 Å². The summed E-state index contributed by atoms with van der Waals surface area (Å²) in [6.07, 6.45) is 0.375. The van der Waals surface area contributed by atoms with Crippen LogP contribution in [0.25, 0.3) is 11.3 Å². The largest absolute Gasteiger partial charge is 1.00 e. The molecule has 3 N–H and O–H groups in total. The average Bonchev–Trinajstić information content (AvgIpc) is 3.17. The van der Waals surface area contributed by atoms with E-state index in [1.165, 1.54) is 11.3 Å². The number of rotatable bonds is 6. The number of primary amides is 1. The second-order valence-corrected chi connectivity index (χ2v) is 5.96. The molecule has 142 valence electrons. The first-order valence-corrected chi connectivity index (χ1v) is 9.27. The number of amides is 1. The van der Waals surface area contributed by atoms with E-state index >= 15 is 0 Å². The van der Waals surface area contributed by atoms with Gasteiger partial charge in [-0.15, -0.1) is 11.3 Å². The number of hydrazone groups is 1. The number of hydrogen-bond acceptors (Lipinski definition) is 5. The maximum absolute atomic E-state index is 11.6. The van der Waals surface area contributed by atoms with E-state index in [2.05, 4.69) is 15.5 Å². The first-order valence-electron chi connectivity index (χ1n) is 8.39. The summed E-state index contributed by atoms with van der Waals surface area (Å²) in [6.45, 7) is 4.00. The summed E-state index contributed by atoms with van der Waals surface area (Å²) in [5, 5.41) is 6.69. The number of thiazole rings is 1. The maximum atomic E-state index is 11.6. The van der Waals surface area contributed by atoms with Crippen LogP contribution in [0.3, 0.4) is 0 Å². The van der Waals surface area contributed by atoms with Gasteiger partial charge in [0, 0.05) is 17.4 Å². The van der Waals surface area contributed by atoms with Gasteiger partial charge in [0.15, 0.2) is 0 Å². The number of nitrogens with one attached hydrogen (secondary N) is 1. The van der Waals surface area contributed by atoms with Crippen LogP contribution in [0.1, 0.15) is 19.4 Å². The van der Waals surface area contributed by atoms with Crippen LogP contribution in [0.4, 0.5) is 5.13 Å². The summed E-state index contributed by atoms with van der Waals surface area (Å²) in [7, 11) is 0. The van der Waals surface area contributed by atoms with Crippen LogP contribution in [0.2, 0.25) is 0 Å². The van der Waals surface area contributed by atoms with Gasteiger partial charge in [0.1, 0.15) is 5.71 Å². The second kappa shape index (κ2) is 14.8. The number of nitrogens with two attached hydrogens (primary N) is 1. The van der Waals surface area contributed by atoms with Gasteiger partial charge in [0.05, 0.1) is 5.69 Å². The summed E-state index contributed by atoms with van der Waals surface area (Å²) in [5.41, 5.74) is 11.4. The molecule has 1 aromatic heterocycles. The fourth-order valence-electron chi connectivity index (χ4n) is 2.15. The SMILES string of the molecule is CC.NC(=O)/C(Cc1ccccc1)=N/Nc1nc(-c2ccccc2)cs1.[CH3-].[Rb+]. The monoisotopic (exact) mass is 466 g/mol. The van der Waals surface area contributed by atoms with Crippen LogP contribution in [-0.4, -0.2) is 16.6 Å². The second-order valence-electron chi connectivity index (χ2n) is 5.10. The number of nitrogens with zero attached hydrogens (tertiary/aromatic N) is 2. The van der Waals surface area contributed by atoms with Crippen LogP contribution < -0.4 is 69.3 Å². The smallest absolute Gasteiger partial charge is 0.364 e. The third kappa shape index (κ3) is 8.45. The van der Waals surface area contributed by atoms with Crippen molar-refractivity contribution in [2.45, 2.75) is 20.3 Å². The Labute approximate surface area is 220 Å². The number of carbonyl (C=O) groups is 1. The van der Waals surface area contributed by atoms with Crippen molar-refractivity contribution in [3.8, 4) is 11.3 Å². The van der Waals surface area contributed by atoms with Gasteiger partial charge in [-0.05, 0) is 5.56 Å². The number of hydrogen-bond donors (Lipinski definition) is 2. The van der Waals surface area contributed by atoms with Crippen molar-refractivity contribution < 1.29 is 63.0 Å². The molecule has 0 aliphatic rings. The molecule has 0 aliphatic heterocycles. The molecular formula is C21H25N4ORbS. The molecule has 1 heterocycles. The molecule has 1 amide bonds. The van der Waals surface area contributed by atoms with Crippen LogP contribution in [-0.2, 0) is 11.2 Å². The molecule has 0 unspecified atom stereocenters. The van der Waals surface area contributed by atoms with Crippen molar-refractivity contribution in [3.63, 3.8) is 0 Å². The molecule has 0 saturated carbocycles. The van der Waals surface area contributed by atoms with Crippen molar-refractivity contribution >= 4 is 28.1 Å². The minimum Gasteiger partial charge on any atom is -0.364 e. The zero-order valence-corrected chi connectivity index (χ0v) is 22.6. The van der Waals surface area contributed by atoms with E-state index < -0.39 is 5.91 Å². The van der Waals surface area contributed by atoms with Crippen molar-refractivity contribution in [1.29, 1.82) is 0 Å². The number of aromatic nitrogens is 1. The van der Waals surface area contributed by atoms with Gasteiger partial charge >= 0.3 is 58.2 Å². The molecule has 0 radical (unpaired) electrons. The number of anilines is 1. The zero-order chi connectivity index (χ0) is 18.8. The minimum absolute atomic E-state index is 0. The van der Waals surface area contributed by atoms with Crippen LogP contribution >= 0.6 is 11.3 Å². The van der Waals surface area contributed by atoms with Gasteiger partial charge in [-0.3, -0.25) is 10.2 Å². The molecule has 2 aromatic carbocycles. The third-order valence-electron chi connectivity index (χ3n) is 3.36. The fraction of sp³-hybridized carbons (Fsp3) is 0.143. The topological polar surface area (TPSA) is 80.4 Å². The summed E-state index contributed by atoms with van der Waals surface area (Å²) < 4.78 is 0. The van der Waals surface area contributed by atoms with Gasteiger partial charge < -0.3 is 13.2 Å². The Bertz CT molecular complexity index is 851. The minimum atomic E-state index is -0.550. The van der Waals surface area contributed by atoms with E-state index in [0.717, 1.165) is 16.8 Å². The van der Waals surface area contributed by atoms with Crippen molar-refractivity contribution in [1.82, 2.24) is 4.98 Å². The molecule has 3 rings (SSSR count). The molecule has 5 nitrogen and oxygen atoms in total. The average molecular weight is 467 g/mol. The molecule has 28 heavy (non-hydrogen) atoms. The Kier molecular flexibility index (Phi) is 14.1. The Morgan fingerprint density at radius 1 is 1.07 bits per heavy atom. The normalized spacial score (nSPS) is 9.86. The quantitative estimate of drug-likeness (QED) is 0.330. The molecule has 7 heteroatoms. The Hall–Kier alpha value is -1.18. The van der Waals surface area contributed by atoms with Gasteiger partial charge in [-0.25, -0.2) is 4.98 Å². The number of carbonyl (C=O) groups excluding carboxylic acids is 1. The van der Waals surface area contributed by atoms with Gasteiger partial charge in [0.25, 0.3) is 5.91 Å². The molecule has 0 atom stereocenters. The summed E-state index contributed by atoms with van der Waals surface area (Å²) >= 11 is 1.42. The Balaban J connectivity index is 0.00000177.